The Bertz CT molecular complexity index is 1370. The predicted molar refractivity (Wildman–Crippen MR) is 143 cm³/mol. The quantitative estimate of drug-likeness (QED) is 0.228. The van der Waals surface area contributed by atoms with Crippen LogP contribution >= 0.6 is 0 Å². The number of hydrogen-bond donors (Lipinski definition) is 1. The molecule has 0 spiro atoms. The second-order valence-electron chi connectivity index (χ2n) is 10.3. The molecule has 192 valence electrons. The molecule has 1 saturated heterocycles. The van der Waals surface area contributed by atoms with Crippen molar-refractivity contribution in [2.24, 2.45) is 0 Å². The minimum absolute atomic E-state index is 0.0511. The van der Waals surface area contributed by atoms with Crippen molar-refractivity contribution in [2.75, 3.05) is 11.5 Å². The number of halogens is 1. The minimum Gasteiger partial charge on any atom is -0.507 e. The fourth-order valence-electron chi connectivity index (χ4n) is 4.50. The monoisotopic (exact) mass is 501 g/mol. The van der Waals surface area contributed by atoms with Crippen LogP contribution < -0.4 is 9.64 Å². The van der Waals surface area contributed by atoms with Crippen molar-refractivity contribution in [1.82, 2.24) is 0 Å². The molecule has 0 radical (unpaired) electrons. The first-order chi connectivity index (χ1) is 17.5. The lowest BCUT2D eigenvalue weighted by Crippen LogP contribution is -2.30. The van der Waals surface area contributed by atoms with E-state index in [1.807, 2.05) is 31.2 Å². The molecular weight excluding hydrogens is 469 g/mol. The van der Waals surface area contributed by atoms with Crippen LogP contribution in [0.4, 0.5) is 10.1 Å². The number of hydrogen-bond acceptors (Lipinski definition) is 4. The van der Waals surface area contributed by atoms with E-state index in [0.29, 0.717) is 29.2 Å². The summed E-state index contributed by atoms with van der Waals surface area (Å²) in [6, 6.07) is 18.0. The summed E-state index contributed by atoms with van der Waals surface area (Å²) in [5.74, 6) is -1.87. The molecule has 1 unspecified atom stereocenters. The number of carbonyl (C=O) groups excluding carboxylic acids is 2. The van der Waals surface area contributed by atoms with Gasteiger partial charge in [-0.05, 0) is 65.8 Å². The Morgan fingerprint density at radius 3 is 2.32 bits per heavy atom. The van der Waals surface area contributed by atoms with Crippen LogP contribution in [0.2, 0.25) is 0 Å². The SMILES string of the molecule is CCCOc1ccccc1N1C(=O)C(=O)/C(=C(\O)c2ccc(F)c(C)c2)C1c1ccc(C(C)(C)C)cc1. The standard InChI is InChI=1S/C31H32FNO4/c1-6-17-37-25-10-8-7-9-24(25)33-27(20-11-14-22(15-12-20)31(3,4)5)26(29(35)30(33)36)28(34)21-13-16-23(32)19(2)18-21/h7-16,18,27,34H,6,17H2,1-5H3/b28-26-. The number of aliphatic hydroxyl groups excluding tert-OH is 1. The highest BCUT2D eigenvalue weighted by atomic mass is 19.1. The van der Waals surface area contributed by atoms with E-state index in [9.17, 15) is 19.1 Å². The van der Waals surface area contributed by atoms with Gasteiger partial charge in [-0.2, -0.15) is 0 Å². The summed E-state index contributed by atoms with van der Waals surface area (Å²) in [6.07, 6.45) is 0.773. The van der Waals surface area contributed by atoms with Crippen LogP contribution in [-0.2, 0) is 15.0 Å². The first-order valence-electron chi connectivity index (χ1n) is 12.4. The molecule has 0 bridgehead atoms. The molecule has 37 heavy (non-hydrogen) atoms. The number of amides is 1. The van der Waals surface area contributed by atoms with Gasteiger partial charge < -0.3 is 9.84 Å². The summed E-state index contributed by atoms with van der Waals surface area (Å²) in [7, 11) is 0. The number of ketones is 1. The number of aryl methyl sites for hydroxylation is 1. The number of ether oxygens (including phenoxy) is 1. The Kier molecular flexibility index (Phi) is 7.21. The molecule has 1 heterocycles. The number of anilines is 1. The van der Waals surface area contributed by atoms with E-state index in [2.05, 4.69) is 20.8 Å². The molecule has 1 N–H and O–H groups in total. The zero-order valence-corrected chi connectivity index (χ0v) is 21.8. The van der Waals surface area contributed by atoms with Gasteiger partial charge >= 0.3 is 0 Å². The van der Waals surface area contributed by atoms with Crippen molar-refractivity contribution in [2.45, 2.75) is 52.5 Å². The second kappa shape index (κ2) is 10.2. The summed E-state index contributed by atoms with van der Waals surface area (Å²) < 4.78 is 19.9. The lowest BCUT2D eigenvalue weighted by Gasteiger charge is -2.28. The van der Waals surface area contributed by atoms with Gasteiger partial charge in [-0.25, -0.2) is 4.39 Å². The van der Waals surface area contributed by atoms with Gasteiger partial charge in [-0.15, -0.1) is 0 Å². The average molecular weight is 502 g/mol. The summed E-state index contributed by atoms with van der Waals surface area (Å²) in [4.78, 5) is 28.4. The Morgan fingerprint density at radius 1 is 1.03 bits per heavy atom. The maximum Gasteiger partial charge on any atom is 0.300 e. The van der Waals surface area contributed by atoms with Crippen LogP contribution in [0.15, 0.2) is 72.3 Å². The van der Waals surface area contributed by atoms with Gasteiger partial charge in [0.05, 0.1) is 23.9 Å². The number of rotatable bonds is 6. The number of para-hydroxylation sites is 2. The molecule has 1 amide bonds. The molecule has 1 atom stereocenters. The van der Waals surface area contributed by atoms with E-state index in [1.54, 1.807) is 31.2 Å². The van der Waals surface area contributed by atoms with Crippen molar-refractivity contribution < 1.29 is 23.8 Å². The van der Waals surface area contributed by atoms with Crippen molar-refractivity contribution in [1.29, 1.82) is 0 Å². The van der Waals surface area contributed by atoms with Crippen LogP contribution in [0.1, 0.15) is 62.4 Å². The van der Waals surface area contributed by atoms with Gasteiger partial charge in [-0.1, -0.05) is 64.1 Å². The lowest BCUT2D eigenvalue weighted by atomic mass is 9.85. The number of carbonyl (C=O) groups is 2. The maximum absolute atomic E-state index is 13.9. The molecule has 3 aromatic rings. The largest absolute Gasteiger partial charge is 0.507 e. The highest BCUT2D eigenvalue weighted by Crippen LogP contribution is 2.45. The molecule has 0 saturated carbocycles. The molecule has 1 aliphatic rings. The fourth-order valence-corrected chi connectivity index (χ4v) is 4.50. The van der Waals surface area contributed by atoms with Crippen molar-refractivity contribution in [3.05, 3.63) is 100 Å². The summed E-state index contributed by atoms with van der Waals surface area (Å²) >= 11 is 0. The normalized spacial score (nSPS) is 17.4. The zero-order chi connectivity index (χ0) is 26.9. The minimum atomic E-state index is -0.897. The third-order valence-electron chi connectivity index (χ3n) is 6.55. The number of aliphatic hydroxyl groups is 1. The third-order valence-corrected chi connectivity index (χ3v) is 6.55. The molecule has 1 aliphatic heterocycles. The summed E-state index contributed by atoms with van der Waals surface area (Å²) in [5.41, 5.74) is 2.65. The Hall–Kier alpha value is -3.93. The average Bonchev–Trinajstić information content (AvgIpc) is 3.13. The molecule has 4 rings (SSSR count). The van der Waals surface area contributed by atoms with E-state index in [-0.39, 0.29) is 22.3 Å². The van der Waals surface area contributed by atoms with E-state index in [4.69, 9.17) is 4.74 Å². The summed E-state index contributed by atoms with van der Waals surface area (Å²) in [5, 5.41) is 11.3. The first-order valence-corrected chi connectivity index (χ1v) is 12.4. The molecule has 3 aromatic carbocycles. The Labute approximate surface area is 217 Å². The zero-order valence-electron chi connectivity index (χ0n) is 21.8. The maximum atomic E-state index is 13.9. The van der Waals surface area contributed by atoms with E-state index < -0.39 is 23.5 Å². The molecule has 5 nitrogen and oxygen atoms in total. The molecule has 0 aromatic heterocycles. The van der Waals surface area contributed by atoms with Gasteiger partial charge in [0.15, 0.2) is 0 Å². The van der Waals surface area contributed by atoms with Gasteiger partial charge in [0.25, 0.3) is 11.7 Å². The van der Waals surface area contributed by atoms with Crippen LogP contribution in [0.5, 0.6) is 5.75 Å². The summed E-state index contributed by atoms with van der Waals surface area (Å²) in [6.45, 7) is 10.3. The number of Topliss-reactive ketones (excluding diaryl/α,β-unsaturated/α-hetero) is 1. The van der Waals surface area contributed by atoms with Crippen molar-refractivity contribution in [3.8, 4) is 5.75 Å². The van der Waals surface area contributed by atoms with Crippen LogP contribution in [-0.4, -0.2) is 23.4 Å². The highest BCUT2D eigenvalue weighted by molar-refractivity contribution is 6.51. The van der Waals surface area contributed by atoms with E-state index in [1.165, 1.54) is 23.1 Å². The molecule has 0 aliphatic carbocycles. The van der Waals surface area contributed by atoms with Crippen LogP contribution in [0, 0.1) is 12.7 Å². The molecule has 1 fully saturated rings. The van der Waals surface area contributed by atoms with E-state index in [0.717, 1.165) is 12.0 Å². The number of nitrogens with zero attached hydrogens (tertiary/aromatic N) is 1. The van der Waals surface area contributed by atoms with Crippen molar-refractivity contribution in [3.63, 3.8) is 0 Å². The lowest BCUT2D eigenvalue weighted by molar-refractivity contribution is -0.132. The third kappa shape index (κ3) is 5.01. The van der Waals surface area contributed by atoms with Gasteiger partial charge in [-0.3, -0.25) is 14.5 Å². The highest BCUT2D eigenvalue weighted by Gasteiger charge is 2.47. The van der Waals surface area contributed by atoms with Crippen molar-refractivity contribution >= 4 is 23.1 Å². The molecule has 6 heteroatoms. The smallest absolute Gasteiger partial charge is 0.300 e. The van der Waals surface area contributed by atoms with Crippen LogP contribution in [0.25, 0.3) is 5.76 Å². The van der Waals surface area contributed by atoms with E-state index >= 15 is 0 Å². The van der Waals surface area contributed by atoms with Gasteiger partial charge in [0.1, 0.15) is 17.3 Å². The van der Waals surface area contributed by atoms with Gasteiger partial charge in [0, 0.05) is 5.56 Å². The number of benzene rings is 3. The first kappa shape index (κ1) is 26.1. The second-order valence-corrected chi connectivity index (χ2v) is 10.3. The topological polar surface area (TPSA) is 66.8 Å². The Morgan fingerprint density at radius 2 is 1.70 bits per heavy atom. The van der Waals surface area contributed by atoms with Crippen LogP contribution in [0.3, 0.4) is 0 Å². The Balaban J connectivity index is 1.94. The predicted octanol–water partition coefficient (Wildman–Crippen LogP) is 6.85. The molecular formula is C31H32FNO4. The van der Waals surface area contributed by atoms with Gasteiger partial charge in [0.2, 0.25) is 0 Å². The fraction of sp³-hybridized carbons (Fsp3) is 0.290.